The Hall–Kier alpha value is -0.720. The van der Waals surface area contributed by atoms with Crippen LogP contribution in [0.3, 0.4) is 0 Å². The summed E-state index contributed by atoms with van der Waals surface area (Å²) in [5.41, 5.74) is -3.79. The lowest BCUT2D eigenvalue weighted by Gasteiger charge is -2.30. The number of H-pyrrole nitrogens is 1. The van der Waals surface area contributed by atoms with Crippen LogP contribution in [0.4, 0.5) is 0 Å². The molecule has 10 nitrogen and oxygen atoms in total. The lowest BCUT2D eigenvalue weighted by Crippen LogP contribution is -2.50. The number of rotatable bonds is 4. The van der Waals surface area contributed by atoms with Crippen molar-refractivity contribution in [2.75, 3.05) is 6.61 Å². The standard InChI is InChI=1S/C14H12Cl6N2O8/c1-12(27)7(30-10(25)14(18,19)20)5(4-28-9(24)13(15,16)17)29-8(12)22-3-2-6(23)21-11(22)26/h2-3,5,7-8,27H,4H2,1H3,(H,21,23,26)/t5?,7-,8?,12+/m1/s1. The second-order valence-electron chi connectivity index (χ2n) is 6.19. The highest BCUT2D eigenvalue weighted by atomic mass is 35.6. The maximum atomic E-state index is 12.1. The Labute approximate surface area is 197 Å². The second kappa shape index (κ2) is 9.03. The third kappa shape index (κ3) is 5.74. The molecule has 2 unspecified atom stereocenters. The van der Waals surface area contributed by atoms with Crippen LogP contribution in [0.25, 0.3) is 0 Å². The molecule has 16 heteroatoms. The number of alkyl halides is 6. The Balaban J connectivity index is 2.39. The second-order valence-corrected chi connectivity index (χ2v) is 10.8. The van der Waals surface area contributed by atoms with E-state index in [2.05, 4.69) is 0 Å². The van der Waals surface area contributed by atoms with E-state index in [4.69, 9.17) is 83.8 Å². The third-order valence-corrected chi connectivity index (χ3v) is 4.82. The van der Waals surface area contributed by atoms with Crippen molar-refractivity contribution in [3.63, 3.8) is 0 Å². The summed E-state index contributed by atoms with van der Waals surface area (Å²) in [6.07, 6.45) is -3.50. The Morgan fingerprint density at radius 2 is 1.77 bits per heavy atom. The predicted octanol–water partition coefficient (Wildman–Crippen LogP) is 1.38. The van der Waals surface area contributed by atoms with Crippen molar-refractivity contribution < 1.29 is 28.9 Å². The van der Waals surface area contributed by atoms with Gasteiger partial charge in [-0.1, -0.05) is 69.6 Å². The molecule has 1 aromatic heterocycles. The number of halogens is 6. The van der Waals surface area contributed by atoms with Crippen LogP contribution in [0.15, 0.2) is 21.9 Å². The fourth-order valence-electron chi connectivity index (χ4n) is 2.59. The first-order valence-corrected chi connectivity index (χ1v) is 10.0. The van der Waals surface area contributed by atoms with Crippen molar-refractivity contribution in [1.82, 2.24) is 9.55 Å². The summed E-state index contributed by atoms with van der Waals surface area (Å²) in [6.45, 7) is 0.456. The molecule has 1 aromatic rings. The van der Waals surface area contributed by atoms with Gasteiger partial charge in [0.05, 0.1) is 0 Å². The first-order valence-electron chi connectivity index (χ1n) is 7.76. The summed E-state index contributed by atoms with van der Waals surface area (Å²) >= 11 is 32.7. The van der Waals surface area contributed by atoms with Crippen molar-refractivity contribution in [2.45, 2.75) is 38.5 Å². The molecule has 4 atom stereocenters. The average Bonchev–Trinajstić information content (AvgIpc) is 2.82. The van der Waals surface area contributed by atoms with E-state index in [9.17, 15) is 24.3 Å². The number of aromatic amines is 1. The molecule has 2 N–H and O–H groups in total. The maximum Gasteiger partial charge on any atom is 0.359 e. The summed E-state index contributed by atoms with van der Waals surface area (Å²) in [6, 6.07) is 0.985. The van der Waals surface area contributed by atoms with Gasteiger partial charge in [0.2, 0.25) is 0 Å². The normalized spacial score (nSPS) is 27.0. The van der Waals surface area contributed by atoms with Crippen LogP contribution in [0, 0.1) is 0 Å². The van der Waals surface area contributed by atoms with Crippen molar-refractivity contribution in [3.8, 4) is 0 Å². The smallest absolute Gasteiger partial charge is 0.359 e. The highest BCUT2D eigenvalue weighted by Gasteiger charge is 2.58. The van der Waals surface area contributed by atoms with Crippen molar-refractivity contribution in [3.05, 3.63) is 33.1 Å². The number of aromatic nitrogens is 2. The lowest BCUT2D eigenvalue weighted by molar-refractivity contribution is -0.164. The van der Waals surface area contributed by atoms with E-state index >= 15 is 0 Å². The predicted molar refractivity (Wildman–Crippen MR) is 107 cm³/mol. The first kappa shape index (κ1) is 25.5. The molecule has 30 heavy (non-hydrogen) atoms. The highest BCUT2D eigenvalue weighted by molar-refractivity contribution is 6.76. The number of ether oxygens (including phenoxy) is 3. The minimum absolute atomic E-state index is 0.685. The van der Waals surface area contributed by atoms with E-state index in [1.807, 2.05) is 4.98 Å². The number of hydrogen-bond acceptors (Lipinski definition) is 8. The Morgan fingerprint density at radius 1 is 1.20 bits per heavy atom. The molecule has 1 saturated heterocycles. The SMILES string of the molecule is C[C@@]1(O)C(n2ccc(=O)[nH]c2=O)OC(COC(=O)C(Cl)(Cl)Cl)[C@H]1OC(=O)C(Cl)(Cl)Cl. The summed E-state index contributed by atoms with van der Waals surface area (Å²) in [4.78, 5) is 49.1. The molecule has 1 aliphatic rings. The molecule has 2 rings (SSSR count). The van der Waals surface area contributed by atoms with E-state index in [-0.39, 0.29) is 0 Å². The number of hydrogen-bond donors (Lipinski definition) is 2. The maximum absolute atomic E-state index is 12.1. The molecule has 1 aliphatic heterocycles. The van der Waals surface area contributed by atoms with Gasteiger partial charge >= 0.3 is 17.6 Å². The van der Waals surface area contributed by atoms with Gasteiger partial charge < -0.3 is 19.3 Å². The van der Waals surface area contributed by atoms with E-state index in [0.29, 0.717) is 0 Å². The van der Waals surface area contributed by atoms with Gasteiger partial charge in [0.1, 0.15) is 18.3 Å². The van der Waals surface area contributed by atoms with Gasteiger partial charge in [0.25, 0.3) is 13.1 Å². The molecule has 0 saturated carbocycles. The van der Waals surface area contributed by atoms with Crippen molar-refractivity contribution in [2.24, 2.45) is 0 Å². The molecule has 2 heterocycles. The number of esters is 2. The Kier molecular flexibility index (Phi) is 7.69. The quantitative estimate of drug-likeness (QED) is 0.425. The summed E-state index contributed by atoms with van der Waals surface area (Å²) < 4.78 is 11.3. The van der Waals surface area contributed by atoms with E-state index in [1.165, 1.54) is 0 Å². The number of carbonyl (C=O) groups is 2. The van der Waals surface area contributed by atoms with Gasteiger partial charge in [-0.25, -0.2) is 14.4 Å². The van der Waals surface area contributed by atoms with Gasteiger partial charge in [-0.3, -0.25) is 14.3 Å². The van der Waals surface area contributed by atoms with Crippen LogP contribution in [0.1, 0.15) is 13.2 Å². The lowest BCUT2D eigenvalue weighted by atomic mass is 9.96. The number of nitrogens with zero attached hydrogens (tertiary/aromatic N) is 1. The zero-order chi connectivity index (χ0) is 23.1. The molecule has 168 valence electrons. The molecule has 0 amide bonds. The molecule has 1 fully saturated rings. The topological polar surface area (TPSA) is 137 Å². The molecule has 0 aliphatic carbocycles. The van der Waals surface area contributed by atoms with Gasteiger partial charge in [0.15, 0.2) is 12.3 Å². The molecule has 0 aromatic carbocycles. The highest BCUT2D eigenvalue weighted by Crippen LogP contribution is 2.41. The number of aliphatic hydroxyl groups is 1. The minimum atomic E-state index is -2.51. The third-order valence-electron chi connectivity index (χ3n) is 3.90. The first-order chi connectivity index (χ1) is 13.5. The Morgan fingerprint density at radius 3 is 2.27 bits per heavy atom. The van der Waals surface area contributed by atoms with Crippen LogP contribution in [-0.4, -0.2) is 58.6 Å². The van der Waals surface area contributed by atoms with E-state index in [1.54, 1.807) is 0 Å². The fourth-order valence-corrected chi connectivity index (χ4v) is 2.89. The van der Waals surface area contributed by atoms with Crippen molar-refractivity contribution >= 4 is 81.5 Å². The van der Waals surface area contributed by atoms with Crippen LogP contribution >= 0.6 is 69.6 Å². The number of carbonyl (C=O) groups excluding carboxylic acids is 2. The molecule has 0 bridgehead atoms. The zero-order valence-corrected chi connectivity index (χ0v) is 19.1. The number of nitrogens with one attached hydrogen (secondary N) is 1. The van der Waals surface area contributed by atoms with Gasteiger partial charge in [-0.15, -0.1) is 0 Å². The summed E-state index contributed by atoms with van der Waals surface area (Å²) in [7, 11) is 0. The fraction of sp³-hybridized carbons (Fsp3) is 0.571. The molecular weight excluding hydrogens is 537 g/mol. The Bertz CT molecular complexity index is 934. The van der Waals surface area contributed by atoms with E-state index < -0.39 is 61.4 Å². The minimum Gasteiger partial charge on any atom is -0.460 e. The van der Waals surface area contributed by atoms with E-state index in [0.717, 1.165) is 23.8 Å². The van der Waals surface area contributed by atoms with Crippen molar-refractivity contribution in [1.29, 1.82) is 0 Å². The van der Waals surface area contributed by atoms with Crippen LogP contribution in [0.5, 0.6) is 0 Å². The summed E-state index contributed by atoms with van der Waals surface area (Å²) in [5.74, 6) is -2.67. The summed E-state index contributed by atoms with van der Waals surface area (Å²) in [5, 5.41) is 11.0. The molecular formula is C14H12Cl6N2O8. The monoisotopic (exact) mass is 546 g/mol. The van der Waals surface area contributed by atoms with Gasteiger partial charge in [0, 0.05) is 12.3 Å². The van der Waals surface area contributed by atoms with Crippen LogP contribution < -0.4 is 11.2 Å². The largest absolute Gasteiger partial charge is 0.460 e. The van der Waals surface area contributed by atoms with Crippen LogP contribution in [0.2, 0.25) is 0 Å². The van der Waals surface area contributed by atoms with Crippen LogP contribution in [-0.2, 0) is 23.8 Å². The van der Waals surface area contributed by atoms with Gasteiger partial charge in [-0.2, -0.15) is 0 Å². The van der Waals surface area contributed by atoms with Gasteiger partial charge in [-0.05, 0) is 6.92 Å². The zero-order valence-electron chi connectivity index (χ0n) is 14.6. The average molecular weight is 549 g/mol. The molecule has 0 spiro atoms. The molecule has 0 radical (unpaired) electrons.